The van der Waals surface area contributed by atoms with Gasteiger partial charge in [0.1, 0.15) is 0 Å². The van der Waals surface area contributed by atoms with Crippen LogP contribution in [0, 0.1) is 0 Å². The van der Waals surface area contributed by atoms with E-state index in [1.165, 1.54) is 43.7 Å². The Balaban J connectivity index is 1.69. The molecular formula is C15H22BrNS. The normalized spacial score (nSPS) is 18.3. The van der Waals surface area contributed by atoms with Gasteiger partial charge in [-0.05, 0) is 44.5 Å². The molecule has 1 aromatic carbocycles. The SMILES string of the molecule is CN(CCCCCBr)CC1Cc2ccccc2S1. The Morgan fingerprint density at radius 3 is 2.89 bits per heavy atom. The Labute approximate surface area is 123 Å². The van der Waals surface area contributed by atoms with Crippen LogP contribution in [0.4, 0.5) is 0 Å². The number of hydrogen-bond acceptors (Lipinski definition) is 2. The quantitative estimate of drug-likeness (QED) is 0.545. The molecule has 1 aliphatic rings. The average molecular weight is 328 g/mol. The fourth-order valence-electron chi connectivity index (χ4n) is 2.45. The first kappa shape index (κ1) is 14.4. The topological polar surface area (TPSA) is 3.24 Å². The maximum atomic E-state index is 3.49. The second-order valence-corrected chi connectivity index (χ2v) is 7.20. The van der Waals surface area contributed by atoms with Gasteiger partial charge in [-0.1, -0.05) is 40.5 Å². The molecule has 1 atom stereocenters. The molecule has 100 valence electrons. The van der Waals surface area contributed by atoms with E-state index in [9.17, 15) is 0 Å². The summed E-state index contributed by atoms with van der Waals surface area (Å²) >= 11 is 5.55. The summed E-state index contributed by atoms with van der Waals surface area (Å²) in [4.78, 5) is 3.99. The van der Waals surface area contributed by atoms with E-state index in [-0.39, 0.29) is 0 Å². The lowest BCUT2D eigenvalue weighted by molar-refractivity contribution is 0.326. The molecular weight excluding hydrogens is 306 g/mol. The molecule has 1 unspecified atom stereocenters. The van der Waals surface area contributed by atoms with Gasteiger partial charge in [0.2, 0.25) is 0 Å². The summed E-state index contributed by atoms with van der Waals surface area (Å²) in [5.74, 6) is 0. The first-order chi connectivity index (χ1) is 8.79. The summed E-state index contributed by atoms with van der Waals surface area (Å²) in [5, 5.41) is 1.90. The highest BCUT2D eigenvalue weighted by Crippen LogP contribution is 2.36. The van der Waals surface area contributed by atoms with E-state index in [2.05, 4.69) is 63.9 Å². The molecule has 0 spiro atoms. The summed E-state index contributed by atoms with van der Waals surface area (Å²) in [6.07, 6.45) is 5.21. The van der Waals surface area contributed by atoms with Crippen LogP contribution < -0.4 is 0 Å². The van der Waals surface area contributed by atoms with Crippen molar-refractivity contribution in [2.75, 3.05) is 25.5 Å². The third-order valence-corrected chi connectivity index (χ3v) is 5.26. The summed E-state index contributed by atoms with van der Waals surface area (Å²) < 4.78 is 0. The highest BCUT2D eigenvalue weighted by molar-refractivity contribution is 9.09. The Kier molecular flexibility index (Phi) is 6.06. The largest absolute Gasteiger partial charge is 0.305 e. The van der Waals surface area contributed by atoms with Crippen molar-refractivity contribution in [3.05, 3.63) is 29.8 Å². The fraction of sp³-hybridized carbons (Fsp3) is 0.600. The first-order valence-electron chi connectivity index (χ1n) is 6.78. The minimum absolute atomic E-state index is 0.753. The number of rotatable bonds is 7. The number of fused-ring (bicyclic) bond motifs is 1. The lowest BCUT2D eigenvalue weighted by Gasteiger charge is -2.20. The molecule has 0 N–H and O–H groups in total. The minimum atomic E-state index is 0.753. The Hall–Kier alpha value is 0.01000. The molecule has 1 nitrogen and oxygen atoms in total. The monoisotopic (exact) mass is 327 g/mol. The molecule has 0 radical (unpaired) electrons. The summed E-state index contributed by atoms with van der Waals surface area (Å²) in [6, 6.07) is 8.85. The fourth-order valence-corrected chi connectivity index (χ4v) is 4.26. The molecule has 1 aromatic rings. The maximum absolute atomic E-state index is 3.49. The summed E-state index contributed by atoms with van der Waals surface area (Å²) in [6.45, 7) is 2.45. The van der Waals surface area contributed by atoms with Crippen molar-refractivity contribution < 1.29 is 0 Å². The number of unbranched alkanes of at least 4 members (excludes halogenated alkanes) is 2. The van der Waals surface area contributed by atoms with E-state index in [4.69, 9.17) is 0 Å². The van der Waals surface area contributed by atoms with Crippen molar-refractivity contribution >= 4 is 27.7 Å². The van der Waals surface area contributed by atoms with Crippen molar-refractivity contribution in [3.8, 4) is 0 Å². The number of halogens is 1. The highest BCUT2D eigenvalue weighted by atomic mass is 79.9. The van der Waals surface area contributed by atoms with Gasteiger partial charge in [-0.15, -0.1) is 11.8 Å². The number of alkyl halides is 1. The van der Waals surface area contributed by atoms with Crippen molar-refractivity contribution in [2.45, 2.75) is 35.8 Å². The molecule has 0 fully saturated rings. The number of thioether (sulfide) groups is 1. The molecule has 0 saturated carbocycles. The van der Waals surface area contributed by atoms with E-state index >= 15 is 0 Å². The molecule has 0 aromatic heterocycles. The van der Waals surface area contributed by atoms with Gasteiger partial charge >= 0.3 is 0 Å². The first-order valence-corrected chi connectivity index (χ1v) is 8.79. The molecule has 0 bridgehead atoms. The van der Waals surface area contributed by atoms with Gasteiger partial charge in [-0.2, -0.15) is 0 Å². The van der Waals surface area contributed by atoms with Crippen molar-refractivity contribution in [1.29, 1.82) is 0 Å². The molecule has 1 heterocycles. The van der Waals surface area contributed by atoms with Crippen LogP contribution >= 0.6 is 27.7 Å². The molecule has 18 heavy (non-hydrogen) atoms. The van der Waals surface area contributed by atoms with Gasteiger partial charge < -0.3 is 4.90 Å². The van der Waals surface area contributed by atoms with E-state index < -0.39 is 0 Å². The van der Waals surface area contributed by atoms with Crippen LogP contribution in [0.25, 0.3) is 0 Å². The Bertz CT molecular complexity index is 344. The number of benzene rings is 1. The second-order valence-electron chi connectivity index (χ2n) is 5.06. The molecule has 0 amide bonds. The lowest BCUT2D eigenvalue weighted by Crippen LogP contribution is -2.28. The molecule has 0 saturated heterocycles. The average Bonchev–Trinajstić information content (AvgIpc) is 2.76. The van der Waals surface area contributed by atoms with Crippen molar-refractivity contribution in [2.24, 2.45) is 0 Å². The maximum Gasteiger partial charge on any atom is 0.0263 e. The Morgan fingerprint density at radius 1 is 1.28 bits per heavy atom. The molecule has 2 rings (SSSR count). The zero-order valence-electron chi connectivity index (χ0n) is 11.1. The molecule has 1 aliphatic heterocycles. The van der Waals surface area contributed by atoms with E-state index in [1.54, 1.807) is 5.56 Å². The number of nitrogens with zero attached hydrogens (tertiary/aromatic N) is 1. The van der Waals surface area contributed by atoms with Crippen LogP contribution in [-0.2, 0) is 6.42 Å². The van der Waals surface area contributed by atoms with Crippen molar-refractivity contribution in [3.63, 3.8) is 0 Å². The Morgan fingerprint density at radius 2 is 2.11 bits per heavy atom. The van der Waals surface area contributed by atoms with Gasteiger partial charge in [0.15, 0.2) is 0 Å². The zero-order valence-corrected chi connectivity index (χ0v) is 13.5. The summed E-state index contributed by atoms with van der Waals surface area (Å²) in [5.41, 5.74) is 1.54. The van der Waals surface area contributed by atoms with Gasteiger partial charge in [-0.3, -0.25) is 0 Å². The van der Waals surface area contributed by atoms with Crippen molar-refractivity contribution in [1.82, 2.24) is 4.90 Å². The van der Waals surface area contributed by atoms with Crippen LogP contribution in [0.1, 0.15) is 24.8 Å². The predicted molar refractivity (Wildman–Crippen MR) is 84.9 cm³/mol. The minimum Gasteiger partial charge on any atom is -0.305 e. The van der Waals surface area contributed by atoms with E-state index in [0.717, 1.165) is 10.6 Å². The van der Waals surface area contributed by atoms with Crippen LogP contribution in [0.15, 0.2) is 29.2 Å². The van der Waals surface area contributed by atoms with Gasteiger partial charge in [0.25, 0.3) is 0 Å². The van der Waals surface area contributed by atoms with E-state index in [1.807, 2.05) is 0 Å². The summed E-state index contributed by atoms with van der Waals surface area (Å²) in [7, 11) is 2.26. The van der Waals surface area contributed by atoms with Gasteiger partial charge in [0.05, 0.1) is 0 Å². The molecule has 0 aliphatic carbocycles. The van der Waals surface area contributed by atoms with Crippen LogP contribution in [0.2, 0.25) is 0 Å². The third-order valence-electron chi connectivity index (χ3n) is 3.40. The van der Waals surface area contributed by atoms with E-state index in [0.29, 0.717) is 0 Å². The third kappa shape index (κ3) is 4.29. The highest BCUT2D eigenvalue weighted by Gasteiger charge is 2.22. The zero-order chi connectivity index (χ0) is 12.8. The second kappa shape index (κ2) is 7.56. The van der Waals surface area contributed by atoms with Crippen LogP contribution in [-0.4, -0.2) is 35.6 Å². The standard InChI is InChI=1S/C15H22BrNS/c1-17(10-6-2-5-9-16)12-14-11-13-7-3-4-8-15(13)18-14/h3-4,7-8,14H,2,5-6,9-12H2,1H3. The molecule has 3 heteroatoms. The van der Waals surface area contributed by atoms with Crippen LogP contribution in [0.3, 0.4) is 0 Å². The van der Waals surface area contributed by atoms with Gasteiger partial charge in [0, 0.05) is 22.0 Å². The van der Waals surface area contributed by atoms with Crippen LogP contribution in [0.5, 0.6) is 0 Å². The predicted octanol–water partition coefficient (Wildman–Crippen LogP) is 4.20. The van der Waals surface area contributed by atoms with Gasteiger partial charge in [-0.25, -0.2) is 0 Å². The number of hydrogen-bond donors (Lipinski definition) is 0. The smallest absolute Gasteiger partial charge is 0.0263 e. The lowest BCUT2D eigenvalue weighted by atomic mass is 10.1.